The number of halogens is 1. The summed E-state index contributed by atoms with van der Waals surface area (Å²) >= 11 is 2.20. The van der Waals surface area contributed by atoms with E-state index in [-0.39, 0.29) is 16.0 Å². The second-order valence-corrected chi connectivity index (χ2v) is 18.6. The summed E-state index contributed by atoms with van der Waals surface area (Å²) in [7, 11) is -5.65. The Morgan fingerprint density at radius 3 is 2.36 bits per heavy atom. The lowest BCUT2D eigenvalue weighted by Gasteiger charge is -2.36. The predicted molar refractivity (Wildman–Crippen MR) is 121 cm³/mol. The van der Waals surface area contributed by atoms with Crippen LogP contribution in [0, 0.1) is 0 Å². The summed E-state index contributed by atoms with van der Waals surface area (Å²) in [6.45, 7) is 12.9. The van der Waals surface area contributed by atoms with E-state index in [0.29, 0.717) is 19.4 Å². The maximum absolute atomic E-state index is 13.5. The van der Waals surface area contributed by atoms with Gasteiger partial charge in [0.1, 0.15) is 4.75 Å². The molecule has 2 aliphatic rings. The number of benzene rings is 1. The third kappa shape index (κ3) is 3.13. The molecular weight excluding hydrogens is 507 g/mol. The van der Waals surface area contributed by atoms with Crippen molar-refractivity contribution in [3.05, 3.63) is 30.3 Å². The third-order valence-electron chi connectivity index (χ3n) is 6.85. The lowest BCUT2D eigenvalue weighted by atomic mass is 10.1. The van der Waals surface area contributed by atoms with Crippen molar-refractivity contribution >= 4 is 40.7 Å². The Morgan fingerprint density at radius 2 is 1.86 bits per heavy atom. The standard InChI is InChI=1S/C20H31IO5SSi/c1-17(2,3)28(5,6)25-13-12-16-19(21)14-20(19,18(4,22)26-16)27(23,24)15-10-8-7-9-11-15/h7-11,16,22H,12-14H2,1-6H3/t16-,18+,19-,20+/m1/s1. The van der Waals surface area contributed by atoms with Gasteiger partial charge in [-0.3, -0.25) is 0 Å². The van der Waals surface area contributed by atoms with Crippen molar-refractivity contribution in [2.75, 3.05) is 6.61 Å². The van der Waals surface area contributed by atoms with E-state index in [1.54, 1.807) is 30.3 Å². The van der Waals surface area contributed by atoms with Crippen molar-refractivity contribution in [1.29, 1.82) is 0 Å². The van der Waals surface area contributed by atoms with Gasteiger partial charge in [-0.1, -0.05) is 61.6 Å². The van der Waals surface area contributed by atoms with E-state index in [1.165, 1.54) is 6.92 Å². The van der Waals surface area contributed by atoms with E-state index >= 15 is 0 Å². The van der Waals surface area contributed by atoms with Crippen LogP contribution in [0.1, 0.15) is 40.5 Å². The molecule has 4 atom stereocenters. The first kappa shape index (κ1) is 22.7. The van der Waals surface area contributed by atoms with E-state index < -0.39 is 32.1 Å². The summed E-state index contributed by atoms with van der Waals surface area (Å²) in [5, 5.41) is 11.1. The SMILES string of the molecule is CC(C)(C)[Si](C)(C)OCC[C@H]1O[C@](C)(O)[C@@]2(S(=O)(=O)c3ccccc3)C[C@@]12I. The van der Waals surface area contributed by atoms with Gasteiger partial charge in [0.25, 0.3) is 0 Å². The molecule has 2 fully saturated rings. The summed E-state index contributed by atoms with van der Waals surface area (Å²) in [6.07, 6.45) is 0.582. The molecular formula is C20H31IO5SSi. The molecule has 1 aliphatic carbocycles. The number of hydrogen-bond acceptors (Lipinski definition) is 5. The van der Waals surface area contributed by atoms with E-state index in [0.717, 1.165) is 0 Å². The smallest absolute Gasteiger partial charge is 0.191 e. The van der Waals surface area contributed by atoms with Crippen LogP contribution in [0.2, 0.25) is 18.1 Å². The summed E-state index contributed by atoms with van der Waals surface area (Å²) < 4.78 is 37.1. The van der Waals surface area contributed by atoms with E-state index in [1.807, 2.05) is 0 Å². The van der Waals surface area contributed by atoms with Gasteiger partial charge in [0.15, 0.2) is 23.9 Å². The fourth-order valence-corrected chi connectivity index (χ4v) is 10.2. The van der Waals surface area contributed by atoms with Gasteiger partial charge in [-0.2, -0.15) is 0 Å². The van der Waals surface area contributed by atoms with Crippen molar-refractivity contribution < 1.29 is 22.7 Å². The maximum atomic E-state index is 13.5. The monoisotopic (exact) mass is 538 g/mol. The minimum atomic E-state index is -3.75. The molecule has 28 heavy (non-hydrogen) atoms. The van der Waals surface area contributed by atoms with Crippen molar-refractivity contribution in [2.24, 2.45) is 0 Å². The second-order valence-electron chi connectivity index (χ2n) is 9.67. The Morgan fingerprint density at radius 1 is 1.29 bits per heavy atom. The largest absolute Gasteiger partial charge is 0.417 e. The van der Waals surface area contributed by atoms with Crippen LogP contribution in [0.25, 0.3) is 0 Å². The van der Waals surface area contributed by atoms with Gasteiger partial charge in [0.05, 0.1) is 14.4 Å². The molecule has 0 spiro atoms. The number of fused-ring (bicyclic) bond motifs is 1. The number of alkyl halides is 1. The summed E-state index contributed by atoms with van der Waals surface area (Å²) in [4.78, 5) is 0.232. The zero-order valence-corrected chi connectivity index (χ0v) is 21.4. The molecule has 0 amide bonds. The van der Waals surface area contributed by atoms with Crippen molar-refractivity contribution in [2.45, 2.75) is 83.6 Å². The topological polar surface area (TPSA) is 72.8 Å². The molecule has 158 valence electrons. The Hall–Kier alpha value is -0.00312. The zero-order chi connectivity index (χ0) is 21.2. The molecule has 0 radical (unpaired) electrons. The van der Waals surface area contributed by atoms with Crippen molar-refractivity contribution in [3.8, 4) is 0 Å². The van der Waals surface area contributed by atoms with Gasteiger partial charge in [0, 0.05) is 6.61 Å². The molecule has 1 N–H and O–H groups in total. The van der Waals surface area contributed by atoms with Crippen LogP contribution in [0.15, 0.2) is 35.2 Å². The highest BCUT2D eigenvalue weighted by Gasteiger charge is 2.88. The summed E-state index contributed by atoms with van der Waals surface area (Å²) in [6, 6.07) is 8.36. The lowest BCUT2D eigenvalue weighted by molar-refractivity contribution is -0.196. The molecule has 1 aromatic carbocycles. The highest BCUT2D eigenvalue weighted by Crippen LogP contribution is 2.73. The molecule has 0 aromatic heterocycles. The minimum Gasteiger partial charge on any atom is -0.417 e. The van der Waals surface area contributed by atoms with Crippen LogP contribution in [0.5, 0.6) is 0 Å². The molecule has 0 unspecified atom stereocenters. The van der Waals surface area contributed by atoms with E-state index in [2.05, 4.69) is 56.5 Å². The molecule has 3 rings (SSSR count). The van der Waals surface area contributed by atoms with E-state index in [4.69, 9.17) is 9.16 Å². The van der Waals surface area contributed by atoms with Crippen LogP contribution < -0.4 is 0 Å². The maximum Gasteiger partial charge on any atom is 0.191 e. The van der Waals surface area contributed by atoms with Crippen LogP contribution >= 0.6 is 22.6 Å². The van der Waals surface area contributed by atoms with Gasteiger partial charge in [-0.25, -0.2) is 8.42 Å². The highest BCUT2D eigenvalue weighted by molar-refractivity contribution is 14.1. The third-order valence-corrected chi connectivity index (χ3v) is 16.4. The second kappa shape index (κ2) is 6.75. The Bertz CT molecular complexity index is 849. The molecule has 8 heteroatoms. The highest BCUT2D eigenvalue weighted by atomic mass is 127. The number of ether oxygens (including phenoxy) is 1. The molecule has 0 bridgehead atoms. The Labute approximate surface area is 183 Å². The normalized spacial score (nSPS) is 35.6. The quantitative estimate of drug-likeness (QED) is 0.332. The average molecular weight is 539 g/mol. The van der Waals surface area contributed by atoms with Gasteiger partial charge in [-0.05, 0) is 50.0 Å². The first-order chi connectivity index (χ1) is 12.6. The zero-order valence-electron chi connectivity index (χ0n) is 17.5. The number of aliphatic hydroxyl groups is 1. The Balaban J connectivity index is 1.81. The van der Waals surface area contributed by atoms with Crippen molar-refractivity contribution in [1.82, 2.24) is 0 Å². The van der Waals surface area contributed by atoms with Crippen molar-refractivity contribution in [3.63, 3.8) is 0 Å². The number of rotatable bonds is 6. The molecule has 1 aromatic rings. The van der Waals surface area contributed by atoms with E-state index in [9.17, 15) is 13.5 Å². The number of sulfone groups is 1. The van der Waals surface area contributed by atoms with Crippen LogP contribution in [0.3, 0.4) is 0 Å². The lowest BCUT2D eigenvalue weighted by Crippen LogP contribution is -2.47. The first-order valence-electron chi connectivity index (χ1n) is 9.65. The first-order valence-corrected chi connectivity index (χ1v) is 15.1. The fraction of sp³-hybridized carbons (Fsp3) is 0.700. The average Bonchev–Trinajstić information content (AvgIpc) is 3.19. The van der Waals surface area contributed by atoms with Gasteiger partial charge in [-0.15, -0.1) is 0 Å². The minimum absolute atomic E-state index is 0.108. The summed E-state index contributed by atoms with van der Waals surface area (Å²) in [5.74, 6) is -1.73. The Kier molecular flexibility index (Phi) is 5.47. The van der Waals surface area contributed by atoms with Gasteiger partial charge >= 0.3 is 0 Å². The van der Waals surface area contributed by atoms with Crippen LogP contribution in [-0.2, 0) is 19.0 Å². The van der Waals surface area contributed by atoms with Crippen LogP contribution in [0.4, 0.5) is 0 Å². The van der Waals surface area contributed by atoms with Gasteiger partial charge < -0.3 is 14.3 Å². The molecule has 1 saturated heterocycles. The number of hydrogen-bond donors (Lipinski definition) is 1. The molecule has 1 saturated carbocycles. The summed E-state index contributed by atoms with van der Waals surface area (Å²) in [5.41, 5.74) is 0. The van der Waals surface area contributed by atoms with Crippen LogP contribution in [-0.4, -0.2) is 48.5 Å². The molecule has 1 aliphatic heterocycles. The van der Waals surface area contributed by atoms with Gasteiger partial charge in [0.2, 0.25) is 0 Å². The molecule has 5 nitrogen and oxygen atoms in total. The molecule has 1 heterocycles. The fourth-order valence-electron chi connectivity index (χ4n) is 4.00. The predicted octanol–water partition coefficient (Wildman–Crippen LogP) is 4.30.